The zero-order chi connectivity index (χ0) is 29.8. The Morgan fingerprint density at radius 1 is 1.12 bits per heavy atom. The number of aromatic nitrogens is 2. The first kappa shape index (κ1) is 29.0. The number of ketones is 1. The van der Waals surface area contributed by atoms with Crippen LogP contribution in [0.5, 0.6) is 17.2 Å². The summed E-state index contributed by atoms with van der Waals surface area (Å²) in [6.45, 7) is 0. The number of nitrogens with two attached hydrogens (primary N) is 1. The van der Waals surface area contributed by atoms with Crippen molar-refractivity contribution in [2.24, 2.45) is 5.73 Å². The molecule has 3 aromatic rings. The number of hydrogen-bond donors (Lipinski definition) is 2. The molecule has 1 unspecified atom stereocenters. The third-order valence-corrected chi connectivity index (χ3v) is 8.97. The highest BCUT2D eigenvalue weighted by Gasteiger charge is 2.43. The Bertz CT molecular complexity index is 1630. The van der Waals surface area contributed by atoms with Crippen LogP contribution < -0.4 is 30.2 Å². The summed E-state index contributed by atoms with van der Waals surface area (Å²) < 4.78 is 17.3. The first-order valence-electron chi connectivity index (χ1n) is 13.0. The van der Waals surface area contributed by atoms with E-state index in [1.54, 1.807) is 17.0 Å². The Hall–Kier alpha value is -4.54. The third kappa shape index (κ3) is 5.38. The van der Waals surface area contributed by atoms with E-state index in [0.29, 0.717) is 68.5 Å². The number of nitrogens with zero attached hydrogens (tertiary/aromatic N) is 4. The number of methoxy groups -OCH3 is 3. The molecule has 0 saturated carbocycles. The maximum absolute atomic E-state index is 13.5. The highest BCUT2D eigenvalue weighted by Crippen LogP contribution is 2.52. The largest absolute Gasteiger partial charge is 0.493 e. The molecule has 2 heterocycles. The molecule has 13 heteroatoms. The van der Waals surface area contributed by atoms with Crippen molar-refractivity contribution in [3.05, 3.63) is 70.7 Å². The normalized spacial score (nSPS) is 16.6. The average Bonchev–Trinajstić information content (AvgIpc) is 3.47. The van der Waals surface area contributed by atoms with Crippen molar-refractivity contribution >= 4 is 45.6 Å². The SMILES string of the molecule is COc1ccc(C2C(C#N)=C(N)N(c3nnc(SCC(=O)Nc4ccccc4)s3)C3=C2C(=O)CCC3)c(OC)c1OC. The van der Waals surface area contributed by atoms with Gasteiger partial charge in [0.2, 0.25) is 16.8 Å². The molecule has 0 fully saturated rings. The Morgan fingerprint density at radius 3 is 2.57 bits per heavy atom. The molecular formula is C29H28N6O5S2. The lowest BCUT2D eigenvalue weighted by Gasteiger charge is -2.38. The number of anilines is 2. The Kier molecular flexibility index (Phi) is 8.65. The maximum Gasteiger partial charge on any atom is 0.234 e. The number of thioether (sulfide) groups is 1. The van der Waals surface area contributed by atoms with Crippen LogP contribution in [0, 0.1) is 11.3 Å². The van der Waals surface area contributed by atoms with Gasteiger partial charge >= 0.3 is 0 Å². The summed E-state index contributed by atoms with van der Waals surface area (Å²) in [5.41, 5.74) is 9.27. The van der Waals surface area contributed by atoms with Gasteiger partial charge in [0, 0.05) is 28.9 Å². The van der Waals surface area contributed by atoms with E-state index in [0.717, 1.165) is 0 Å². The molecule has 11 nitrogen and oxygen atoms in total. The molecule has 42 heavy (non-hydrogen) atoms. The minimum absolute atomic E-state index is 0.0833. The maximum atomic E-state index is 13.5. The van der Waals surface area contributed by atoms with Crippen LogP contribution in [0.25, 0.3) is 0 Å². The monoisotopic (exact) mass is 604 g/mol. The number of rotatable bonds is 9. The van der Waals surface area contributed by atoms with Gasteiger partial charge in [0.1, 0.15) is 5.82 Å². The van der Waals surface area contributed by atoms with Crippen molar-refractivity contribution in [1.29, 1.82) is 5.26 Å². The molecule has 3 N–H and O–H groups in total. The van der Waals surface area contributed by atoms with E-state index >= 15 is 0 Å². The molecule has 1 aliphatic carbocycles. The molecule has 216 valence electrons. The van der Waals surface area contributed by atoms with Crippen molar-refractivity contribution in [3.63, 3.8) is 0 Å². The van der Waals surface area contributed by atoms with Crippen LogP contribution in [0.4, 0.5) is 10.8 Å². The summed E-state index contributed by atoms with van der Waals surface area (Å²) in [6.07, 6.45) is 1.51. The number of nitriles is 1. The van der Waals surface area contributed by atoms with Gasteiger partial charge in [-0.15, -0.1) is 10.2 Å². The van der Waals surface area contributed by atoms with Gasteiger partial charge in [-0.05, 0) is 31.0 Å². The lowest BCUT2D eigenvalue weighted by molar-refractivity contribution is -0.116. The van der Waals surface area contributed by atoms with E-state index < -0.39 is 5.92 Å². The number of hydrogen-bond acceptors (Lipinski definition) is 12. The molecule has 0 radical (unpaired) electrons. The quantitative estimate of drug-likeness (QED) is 0.330. The van der Waals surface area contributed by atoms with E-state index in [-0.39, 0.29) is 28.8 Å². The fourth-order valence-electron chi connectivity index (χ4n) is 5.16. The van der Waals surface area contributed by atoms with E-state index in [1.807, 2.05) is 30.3 Å². The number of amides is 1. The first-order chi connectivity index (χ1) is 20.4. The summed E-state index contributed by atoms with van der Waals surface area (Å²) in [6, 6.07) is 14.9. The smallest absolute Gasteiger partial charge is 0.234 e. The fourth-order valence-corrected chi connectivity index (χ4v) is 6.85. The summed E-state index contributed by atoms with van der Waals surface area (Å²) >= 11 is 2.47. The standard InChI is InChI=1S/C29H28N6O5S2/c1-38-21-13-12-17(25(39-2)26(21)40-3)23-18(14-30)27(31)35(19-10-7-11-20(36)24(19)23)28-33-34-29(42-28)41-15-22(37)32-16-8-5-4-6-9-16/h4-6,8-9,12-13,23H,7,10-11,15,31H2,1-3H3,(H,32,37). The summed E-state index contributed by atoms with van der Waals surface area (Å²) in [7, 11) is 4.51. The minimum Gasteiger partial charge on any atom is -0.493 e. The predicted molar refractivity (Wildman–Crippen MR) is 160 cm³/mol. The number of Topliss-reactive ketones (excluding diaryl/α,β-unsaturated/α-hetero) is 1. The van der Waals surface area contributed by atoms with Gasteiger partial charge in [0.15, 0.2) is 21.6 Å². The van der Waals surface area contributed by atoms with Gasteiger partial charge in [0.25, 0.3) is 0 Å². The van der Waals surface area contributed by atoms with Crippen LogP contribution >= 0.6 is 23.1 Å². The minimum atomic E-state index is -0.771. The van der Waals surface area contributed by atoms with Crippen molar-refractivity contribution in [2.75, 3.05) is 37.3 Å². The number of ether oxygens (including phenoxy) is 3. The molecule has 2 aromatic carbocycles. The first-order valence-corrected chi connectivity index (χ1v) is 14.8. The lowest BCUT2D eigenvalue weighted by Crippen LogP contribution is -2.38. The van der Waals surface area contributed by atoms with Crippen LogP contribution in [0.2, 0.25) is 0 Å². The van der Waals surface area contributed by atoms with Crippen LogP contribution in [0.3, 0.4) is 0 Å². The van der Waals surface area contributed by atoms with Crippen molar-refractivity contribution in [2.45, 2.75) is 29.5 Å². The van der Waals surface area contributed by atoms with Crippen LogP contribution in [-0.2, 0) is 9.59 Å². The molecule has 0 spiro atoms. The number of benzene rings is 2. The topological polar surface area (TPSA) is 153 Å². The Balaban J connectivity index is 1.50. The second-order valence-corrected chi connectivity index (χ2v) is 11.5. The average molecular weight is 605 g/mol. The highest BCUT2D eigenvalue weighted by atomic mass is 32.2. The Morgan fingerprint density at radius 2 is 1.88 bits per heavy atom. The third-order valence-electron chi connectivity index (χ3n) is 6.93. The number of carbonyl (C=O) groups is 2. The van der Waals surface area contributed by atoms with Gasteiger partial charge in [-0.3, -0.25) is 14.5 Å². The molecule has 1 amide bonds. The Labute approximate surface area is 251 Å². The molecule has 1 atom stereocenters. The number of para-hydroxylation sites is 1. The second kappa shape index (κ2) is 12.5. The van der Waals surface area contributed by atoms with Crippen LogP contribution in [-0.4, -0.2) is 49.0 Å². The molecule has 1 aliphatic heterocycles. The van der Waals surface area contributed by atoms with E-state index in [2.05, 4.69) is 21.6 Å². The van der Waals surface area contributed by atoms with Gasteiger partial charge in [-0.25, -0.2) is 0 Å². The molecule has 0 bridgehead atoms. The van der Waals surface area contributed by atoms with Gasteiger partial charge in [0.05, 0.1) is 44.6 Å². The van der Waals surface area contributed by atoms with Gasteiger partial charge in [-0.2, -0.15) is 5.26 Å². The molecule has 0 saturated heterocycles. The second-order valence-electron chi connectivity index (χ2n) is 9.29. The van der Waals surface area contributed by atoms with Gasteiger partial charge < -0.3 is 25.3 Å². The van der Waals surface area contributed by atoms with Crippen LogP contribution in [0.15, 0.2) is 69.5 Å². The zero-order valence-electron chi connectivity index (χ0n) is 23.2. The number of carbonyl (C=O) groups excluding carboxylic acids is 2. The summed E-state index contributed by atoms with van der Waals surface area (Å²) in [5, 5.41) is 22.2. The molecule has 1 aromatic heterocycles. The van der Waals surface area contributed by atoms with E-state index in [4.69, 9.17) is 19.9 Å². The lowest BCUT2D eigenvalue weighted by atomic mass is 9.75. The zero-order valence-corrected chi connectivity index (χ0v) is 24.8. The highest BCUT2D eigenvalue weighted by molar-refractivity contribution is 8.01. The van der Waals surface area contributed by atoms with E-state index in [1.165, 1.54) is 44.4 Å². The van der Waals surface area contributed by atoms with Crippen molar-refractivity contribution in [1.82, 2.24) is 10.2 Å². The molecular weight excluding hydrogens is 576 g/mol. The van der Waals surface area contributed by atoms with Crippen molar-refractivity contribution in [3.8, 4) is 23.3 Å². The fraction of sp³-hybridized carbons (Fsp3) is 0.276. The van der Waals surface area contributed by atoms with Gasteiger partial charge in [-0.1, -0.05) is 47.4 Å². The molecule has 5 rings (SSSR count). The predicted octanol–water partition coefficient (Wildman–Crippen LogP) is 4.60. The molecule has 2 aliphatic rings. The summed E-state index contributed by atoms with van der Waals surface area (Å²) in [4.78, 5) is 27.6. The van der Waals surface area contributed by atoms with E-state index in [9.17, 15) is 14.9 Å². The number of nitrogens with one attached hydrogen (secondary N) is 1. The van der Waals surface area contributed by atoms with Crippen LogP contribution in [0.1, 0.15) is 30.7 Å². The summed E-state index contributed by atoms with van der Waals surface area (Å²) in [5.74, 6) is 0.404. The number of allylic oxidation sites excluding steroid dienone is 3. The van der Waals surface area contributed by atoms with Crippen molar-refractivity contribution < 1.29 is 23.8 Å².